The summed E-state index contributed by atoms with van der Waals surface area (Å²) < 4.78 is 15.4. The number of ether oxygens (including phenoxy) is 1. The lowest BCUT2D eigenvalue weighted by atomic mass is 10.2. The highest BCUT2D eigenvalue weighted by molar-refractivity contribution is 5.87. The van der Waals surface area contributed by atoms with Crippen LogP contribution in [0.25, 0.3) is 17.6 Å². The number of esters is 1. The molecule has 0 aliphatic heterocycles. The second-order valence-electron chi connectivity index (χ2n) is 4.51. The molecule has 0 saturated heterocycles. The van der Waals surface area contributed by atoms with Gasteiger partial charge < -0.3 is 13.7 Å². The summed E-state index contributed by atoms with van der Waals surface area (Å²) in [6.45, 7) is 0.0438. The van der Waals surface area contributed by atoms with E-state index in [0.717, 1.165) is 5.56 Å². The second-order valence-corrected chi connectivity index (χ2v) is 4.51. The summed E-state index contributed by atoms with van der Waals surface area (Å²) >= 11 is 0. The van der Waals surface area contributed by atoms with E-state index < -0.39 is 5.97 Å². The Balaban J connectivity index is 1.54. The van der Waals surface area contributed by atoms with Crippen molar-refractivity contribution < 1.29 is 18.5 Å². The first-order valence-corrected chi connectivity index (χ1v) is 6.70. The van der Waals surface area contributed by atoms with Gasteiger partial charge in [-0.2, -0.15) is 0 Å². The Kier molecular flexibility index (Phi) is 4.15. The van der Waals surface area contributed by atoms with Crippen molar-refractivity contribution in [2.24, 2.45) is 0 Å². The molecule has 0 fully saturated rings. The van der Waals surface area contributed by atoms with Gasteiger partial charge in [-0.25, -0.2) is 4.79 Å². The minimum Gasteiger partial charge on any atom is -0.461 e. The van der Waals surface area contributed by atoms with Crippen LogP contribution >= 0.6 is 0 Å². The van der Waals surface area contributed by atoms with Crippen molar-refractivity contribution in [3.8, 4) is 11.5 Å². The largest absolute Gasteiger partial charge is 0.461 e. The molecule has 2 heterocycles. The van der Waals surface area contributed by atoms with Crippen LogP contribution in [0.2, 0.25) is 0 Å². The molecule has 0 unspecified atom stereocenters. The Hall–Kier alpha value is -3.08. The normalized spacial score (nSPS) is 10.9. The Morgan fingerprint density at radius 3 is 2.77 bits per heavy atom. The quantitative estimate of drug-likeness (QED) is 0.530. The molecular formula is C17H13NO4. The Bertz CT molecular complexity index is 757. The number of furan rings is 1. The highest BCUT2D eigenvalue weighted by Gasteiger charge is 2.10. The van der Waals surface area contributed by atoms with Crippen LogP contribution in [0.1, 0.15) is 11.3 Å². The van der Waals surface area contributed by atoms with Gasteiger partial charge in [0.15, 0.2) is 5.76 Å². The first-order chi connectivity index (χ1) is 10.8. The van der Waals surface area contributed by atoms with Crippen LogP contribution in [0.15, 0.2) is 69.8 Å². The van der Waals surface area contributed by atoms with E-state index in [9.17, 15) is 4.79 Å². The summed E-state index contributed by atoms with van der Waals surface area (Å²) in [4.78, 5) is 11.6. The minimum absolute atomic E-state index is 0.0438. The molecular weight excluding hydrogens is 282 g/mol. The average Bonchev–Trinajstić information content (AvgIpc) is 3.22. The summed E-state index contributed by atoms with van der Waals surface area (Å²) in [6.07, 6.45) is 4.62. The van der Waals surface area contributed by atoms with Gasteiger partial charge in [-0.3, -0.25) is 0 Å². The number of hydrogen-bond acceptors (Lipinski definition) is 5. The van der Waals surface area contributed by atoms with Crippen molar-refractivity contribution in [3.63, 3.8) is 0 Å². The molecule has 0 spiro atoms. The maximum atomic E-state index is 11.6. The van der Waals surface area contributed by atoms with Crippen LogP contribution in [-0.2, 0) is 16.1 Å². The number of nitrogens with zero attached hydrogens (tertiary/aromatic N) is 1. The standard InChI is InChI=1S/C17H13NO4/c19-17(9-8-13-5-2-1-3-6-13)21-12-14-11-16(22-18-14)15-7-4-10-20-15/h1-11H,12H2/b9-8+. The van der Waals surface area contributed by atoms with E-state index in [4.69, 9.17) is 13.7 Å². The summed E-state index contributed by atoms with van der Waals surface area (Å²) in [5, 5.41) is 3.83. The minimum atomic E-state index is -0.439. The van der Waals surface area contributed by atoms with E-state index in [2.05, 4.69) is 5.16 Å². The third-order valence-corrected chi connectivity index (χ3v) is 2.90. The van der Waals surface area contributed by atoms with E-state index in [1.165, 1.54) is 6.08 Å². The van der Waals surface area contributed by atoms with Crippen LogP contribution in [-0.4, -0.2) is 11.1 Å². The number of carbonyl (C=O) groups is 1. The molecule has 0 aliphatic carbocycles. The van der Waals surface area contributed by atoms with Crippen LogP contribution < -0.4 is 0 Å². The van der Waals surface area contributed by atoms with Crippen LogP contribution in [0, 0.1) is 0 Å². The van der Waals surface area contributed by atoms with Crippen molar-refractivity contribution in [1.29, 1.82) is 0 Å². The molecule has 0 bridgehead atoms. The van der Waals surface area contributed by atoms with Crippen LogP contribution in [0.3, 0.4) is 0 Å². The van der Waals surface area contributed by atoms with Gasteiger partial charge in [-0.15, -0.1) is 0 Å². The molecule has 5 nitrogen and oxygen atoms in total. The molecule has 0 saturated carbocycles. The van der Waals surface area contributed by atoms with E-state index in [-0.39, 0.29) is 6.61 Å². The van der Waals surface area contributed by atoms with Gasteiger partial charge in [0.1, 0.15) is 12.3 Å². The fourth-order valence-electron chi connectivity index (χ4n) is 1.84. The highest BCUT2D eigenvalue weighted by Crippen LogP contribution is 2.20. The maximum absolute atomic E-state index is 11.6. The first-order valence-electron chi connectivity index (χ1n) is 6.70. The fourth-order valence-corrected chi connectivity index (χ4v) is 1.84. The lowest BCUT2D eigenvalue weighted by molar-refractivity contribution is -0.139. The van der Waals surface area contributed by atoms with Gasteiger partial charge in [0.2, 0.25) is 5.76 Å². The number of aromatic nitrogens is 1. The molecule has 3 rings (SSSR count). The molecule has 0 radical (unpaired) electrons. The van der Waals surface area contributed by atoms with E-state index in [0.29, 0.717) is 17.2 Å². The third kappa shape index (κ3) is 3.52. The Morgan fingerprint density at radius 1 is 1.14 bits per heavy atom. The summed E-state index contributed by atoms with van der Waals surface area (Å²) in [5.74, 6) is 0.635. The van der Waals surface area contributed by atoms with E-state index in [1.807, 2.05) is 30.3 Å². The maximum Gasteiger partial charge on any atom is 0.331 e. The second kappa shape index (κ2) is 6.58. The topological polar surface area (TPSA) is 65.5 Å². The van der Waals surface area contributed by atoms with Gasteiger partial charge in [-0.05, 0) is 23.8 Å². The molecule has 1 aromatic carbocycles. The zero-order valence-electron chi connectivity index (χ0n) is 11.6. The Labute approximate surface area is 126 Å². The van der Waals surface area contributed by atoms with Crippen molar-refractivity contribution in [1.82, 2.24) is 5.16 Å². The third-order valence-electron chi connectivity index (χ3n) is 2.90. The number of benzene rings is 1. The van der Waals surface area contributed by atoms with Crippen LogP contribution in [0.4, 0.5) is 0 Å². The summed E-state index contributed by atoms with van der Waals surface area (Å²) in [7, 11) is 0. The lowest BCUT2D eigenvalue weighted by Crippen LogP contribution is -2.00. The molecule has 0 aliphatic rings. The molecule has 0 atom stereocenters. The number of carbonyl (C=O) groups excluding carboxylic acids is 1. The predicted molar refractivity (Wildman–Crippen MR) is 79.5 cm³/mol. The van der Waals surface area contributed by atoms with Crippen LogP contribution in [0.5, 0.6) is 0 Å². The molecule has 22 heavy (non-hydrogen) atoms. The summed E-state index contributed by atoms with van der Waals surface area (Å²) in [5.41, 5.74) is 1.45. The zero-order valence-corrected chi connectivity index (χ0v) is 11.6. The SMILES string of the molecule is O=C(/C=C/c1ccccc1)OCc1cc(-c2ccco2)on1. The molecule has 0 N–H and O–H groups in total. The van der Waals surface area contributed by atoms with E-state index >= 15 is 0 Å². The zero-order chi connectivity index (χ0) is 15.2. The van der Waals surface area contributed by atoms with Gasteiger partial charge in [-0.1, -0.05) is 35.5 Å². The van der Waals surface area contributed by atoms with Crippen molar-refractivity contribution in [2.45, 2.75) is 6.61 Å². The molecule has 0 amide bonds. The van der Waals surface area contributed by atoms with Gasteiger partial charge >= 0.3 is 5.97 Å². The monoisotopic (exact) mass is 295 g/mol. The molecule has 110 valence electrons. The lowest BCUT2D eigenvalue weighted by Gasteiger charge is -1.97. The summed E-state index contributed by atoms with van der Waals surface area (Å²) in [6, 6.07) is 14.7. The highest BCUT2D eigenvalue weighted by atomic mass is 16.5. The smallest absolute Gasteiger partial charge is 0.331 e. The van der Waals surface area contributed by atoms with Crippen molar-refractivity contribution >= 4 is 12.0 Å². The first kappa shape index (κ1) is 13.9. The molecule has 3 aromatic rings. The predicted octanol–water partition coefficient (Wildman–Crippen LogP) is 3.69. The van der Waals surface area contributed by atoms with Gasteiger partial charge in [0.25, 0.3) is 0 Å². The number of hydrogen-bond donors (Lipinski definition) is 0. The number of rotatable bonds is 5. The molecule has 2 aromatic heterocycles. The van der Waals surface area contributed by atoms with Crippen molar-refractivity contribution in [2.75, 3.05) is 0 Å². The average molecular weight is 295 g/mol. The molecule has 5 heteroatoms. The van der Waals surface area contributed by atoms with E-state index in [1.54, 1.807) is 30.5 Å². The fraction of sp³-hybridized carbons (Fsp3) is 0.0588. The van der Waals surface area contributed by atoms with Crippen molar-refractivity contribution in [3.05, 3.63) is 72.1 Å². The Morgan fingerprint density at radius 2 is 2.00 bits per heavy atom. The van der Waals surface area contributed by atoms with Gasteiger partial charge in [0, 0.05) is 12.1 Å². The van der Waals surface area contributed by atoms with Gasteiger partial charge in [0.05, 0.1) is 6.26 Å².